The van der Waals surface area contributed by atoms with Crippen LogP contribution in [0.25, 0.3) is 0 Å². The molecule has 0 fully saturated rings. The van der Waals surface area contributed by atoms with Gasteiger partial charge in [0, 0.05) is 23.2 Å². The van der Waals surface area contributed by atoms with Crippen LogP contribution in [0.2, 0.25) is 0 Å². The molecule has 0 radical (unpaired) electrons. The molecule has 12 nitrogen and oxygen atoms in total. The molecule has 0 aliphatic heterocycles. The van der Waals surface area contributed by atoms with Gasteiger partial charge in [0.05, 0.1) is 58.4 Å². The maximum absolute atomic E-state index is 12.8. The van der Waals surface area contributed by atoms with Gasteiger partial charge in [0.2, 0.25) is 0 Å². The molecule has 0 bridgehead atoms. The fraction of sp³-hybridized carbons (Fsp3) is 0.419. The smallest absolute Gasteiger partial charge is 0.407 e. The second kappa shape index (κ2) is 21.6. The Morgan fingerprint density at radius 2 is 1.09 bits per heavy atom. The van der Waals surface area contributed by atoms with E-state index in [0.29, 0.717) is 37.6 Å². The average molecular weight is 602 g/mol. The number of rotatable bonds is 22. The molecule has 0 aliphatic rings. The molecule has 0 saturated carbocycles. The van der Waals surface area contributed by atoms with Crippen LogP contribution in [0.1, 0.15) is 33.2 Å². The van der Waals surface area contributed by atoms with Crippen LogP contribution >= 0.6 is 0 Å². The van der Waals surface area contributed by atoms with E-state index in [0.717, 1.165) is 0 Å². The predicted molar refractivity (Wildman–Crippen MR) is 155 cm³/mol. The summed E-state index contributed by atoms with van der Waals surface area (Å²) in [6, 6.07) is 15.3. The number of ether oxygens (including phenoxy) is 7. The highest BCUT2D eigenvalue weighted by atomic mass is 16.6. The van der Waals surface area contributed by atoms with Crippen molar-refractivity contribution in [2.75, 3.05) is 79.2 Å². The van der Waals surface area contributed by atoms with Crippen molar-refractivity contribution in [3.8, 4) is 0 Å². The molecular weight excluding hydrogens is 562 g/mol. The van der Waals surface area contributed by atoms with Crippen molar-refractivity contribution >= 4 is 23.8 Å². The Morgan fingerprint density at radius 3 is 1.70 bits per heavy atom. The number of ketones is 1. The molecule has 12 heteroatoms. The van der Waals surface area contributed by atoms with Gasteiger partial charge in [-0.2, -0.15) is 0 Å². The summed E-state index contributed by atoms with van der Waals surface area (Å²) in [6.07, 6.45) is -0.593. The third kappa shape index (κ3) is 15.1. The van der Waals surface area contributed by atoms with Crippen LogP contribution in [0, 0.1) is 0 Å². The number of carbonyl (C=O) groups excluding carboxylic acids is 4. The highest BCUT2D eigenvalue weighted by molar-refractivity contribution is 6.14. The number of alkyl carbamates (subject to hydrolysis) is 1. The summed E-state index contributed by atoms with van der Waals surface area (Å²) in [4.78, 5) is 48.1. The van der Waals surface area contributed by atoms with Crippen molar-refractivity contribution in [2.45, 2.75) is 6.92 Å². The van der Waals surface area contributed by atoms with Crippen molar-refractivity contribution in [1.82, 2.24) is 5.32 Å². The first-order chi connectivity index (χ1) is 20.9. The molecule has 1 N–H and O–H groups in total. The SMILES string of the molecule is C=C(C)C(=O)OCCOCCNC(=O)OCCOCCOCCOCCOC(=O)c1ccccc1C(=O)c1ccccc1. The van der Waals surface area contributed by atoms with Gasteiger partial charge in [-0.15, -0.1) is 0 Å². The Labute approximate surface area is 251 Å². The summed E-state index contributed by atoms with van der Waals surface area (Å²) in [6.45, 7) is 7.61. The maximum Gasteiger partial charge on any atom is 0.407 e. The Morgan fingerprint density at radius 1 is 0.605 bits per heavy atom. The minimum Gasteiger partial charge on any atom is -0.460 e. The van der Waals surface area contributed by atoms with E-state index >= 15 is 0 Å². The second-order valence-electron chi connectivity index (χ2n) is 8.81. The van der Waals surface area contributed by atoms with E-state index in [9.17, 15) is 19.2 Å². The van der Waals surface area contributed by atoms with Gasteiger partial charge in [-0.3, -0.25) is 4.79 Å². The number of nitrogens with one attached hydrogen (secondary N) is 1. The van der Waals surface area contributed by atoms with Crippen molar-refractivity contribution in [2.24, 2.45) is 0 Å². The predicted octanol–water partition coefficient (Wildman–Crippen LogP) is 2.99. The number of amides is 1. The Kier molecular flexibility index (Phi) is 17.6. The zero-order valence-electron chi connectivity index (χ0n) is 24.4. The van der Waals surface area contributed by atoms with Gasteiger partial charge in [0.15, 0.2) is 5.78 Å². The van der Waals surface area contributed by atoms with E-state index in [1.54, 1.807) is 55.5 Å². The molecule has 0 atom stereocenters. The Hall–Kier alpha value is -4.10. The highest BCUT2D eigenvalue weighted by Crippen LogP contribution is 2.15. The summed E-state index contributed by atoms with van der Waals surface area (Å²) < 4.78 is 36.5. The lowest BCUT2D eigenvalue weighted by Crippen LogP contribution is -2.29. The molecule has 2 rings (SSSR count). The summed E-state index contributed by atoms with van der Waals surface area (Å²) in [5, 5.41) is 2.52. The summed E-state index contributed by atoms with van der Waals surface area (Å²) in [7, 11) is 0. The Bertz CT molecular complexity index is 1150. The van der Waals surface area contributed by atoms with Crippen LogP contribution in [-0.4, -0.2) is 103 Å². The van der Waals surface area contributed by atoms with Crippen LogP contribution < -0.4 is 5.32 Å². The van der Waals surface area contributed by atoms with Gasteiger partial charge < -0.3 is 38.5 Å². The van der Waals surface area contributed by atoms with Crippen molar-refractivity contribution < 1.29 is 52.3 Å². The molecule has 0 heterocycles. The van der Waals surface area contributed by atoms with Gasteiger partial charge in [0.25, 0.3) is 0 Å². The highest BCUT2D eigenvalue weighted by Gasteiger charge is 2.18. The van der Waals surface area contributed by atoms with Crippen LogP contribution in [0.4, 0.5) is 4.79 Å². The zero-order chi connectivity index (χ0) is 31.1. The first-order valence-electron chi connectivity index (χ1n) is 13.8. The van der Waals surface area contributed by atoms with Crippen LogP contribution in [0.5, 0.6) is 0 Å². The lowest BCUT2D eigenvalue weighted by atomic mass is 9.98. The maximum atomic E-state index is 12.8. The molecule has 1 amide bonds. The zero-order valence-corrected chi connectivity index (χ0v) is 24.4. The van der Waals surface area contributed by atoms with E-state index in [4.69, 9.17) is 33.2 Å². The molecule has 0 unspecified atom stereocenters. The first-order valence-corrected chi connectivity index (χ1v) is 13.8. The van der Waals surface area contributed by atoms with Crippen LogP contribution in [-0.2, 0) is 38.0 Å². The van der Waals surface area contributed by atoms with E-state index in [1.165, 1.54) is 0 Å². The molecule has 2 aromatic rings. The average Bonchev–Trinajstić information content (AvgIpc) is 3.02. The molecule has 0 saturated heterocycles. The van der Waals surface area contributed by atoms with Gasteiger partial charge >= 0.3 is 18.0 Å². The third-order valence-corrected chi connectivity index (χ3v) is 5.42. The number of hydrogen-bond donors (Lipinski definition) is 1. The largest absolute Gasteiger partial charge is 0.460 e. The minimum absolute atomic E-state index is 0.0311. The molecule has 43 heavy (non-hydrogen) atoms. The van der Waals surface area contributed by atoms with Crippen LogP contribution in [0.15, 0.2) is 66.7 Å². The topological polar surface area (TPSA) is 145 Å². The number of carbonyl (C=O) groups is 4. The molecule has 0 aliphatic carbocycles. The summed E-state index contributed by atoms with van der Waals surface area (Å²) in [5.74, 6) is -1.32. The monoisotopic (exact) mass is 601 g/mol. The number of hydrogen-bond acceptors (Lipinski definition) is 11. The summed E-state index contributed by atoms with van der Waals surface area (Å²) >= 11 is 0. The summed E-state index contributed by atoms with van der Waals surface area (Å²) in [5.41, 5.74) is 1.29. The molecule has 0 spiro atoms. The van der Waals surface area contributed by atoms with E-state index < -0.39 is 18.0 Å². The van der Waals surface area contributed by atoms with E-state index in [2.05, 4.69) is 11.9 Å². The van der Waals surface area contributed by atoms with Crippen molar-refractivity contribution in [3.63, 3.8) is 0 Å². The number of benzene rings is 2. The lowest BCUT2D eigenvalue weighted by molar-refractivity contribution is -0.140. The fourth-order valence-corrected chi connectivity index (χ4v) is 3.31. The van der Waals surface area contributed by atoms with Crippen LogP contribution in [0.3, 0.4) is 0 Å². The van der Waals surface area contributed by atoms with Gasteiger partial charge in [-0.25, -0.2) is 14.4 Å². The molecule has 234 valence electrons. The van der Waals surface area contributed by atoms with Crippen molar-refractivity contribution in [1.29, 1.82) is 0 Å². The molecule has 0 aromatic heterocycles. The second-order valence-corrected chi connectivity index (χ2v) is 8.81. The molecule has 2 aromatic carbocycles. The fourth-order valence-electron chi connectivity index (χ4n) is 3.31. The van der Waals surface area contributed by atoms with E-state index in [1.807, 2.05) is 6.07 Å². The van der Waals surface area contributed by atoms with Gasteiger partial charge in [-0.05, 0) is 13.0 Å². The van der Waals surface area contributed by atoms with E-state index in [-0.39, 0.29) is 69.7 Å². The number of esters is 2. The molecular formula is C31H39NO11. The normalized spacial score (nSPS) is 10.5. The standard InChI is InChI=1S/C31H39NO11/c1-24(2)29(34)41-21-18-37-13-12-32-31(36)43-23-20-40-17-15-38-14-16-39-19-22-42-30(35)27-11-7-6-10-26(27)28(33)25-8-4-3-5-9-25/h3-11H,1,12-23H2,2H3,(H,32,36). The van der Waals surface area contributed by atoms with Crippen molar-refractivity contribution in [3.05, 3.63) is 83.4 Å². The quantitative estimate of drug-likeness (QED) is 0.0699. The minimum atomic E-state index is -0.594. The lowest BCUT2D eigenvalue weighted by Gasteiger charge is -2.10. The van der Waals surface area contributed by atoms with Gasteiger partial charge in [-0.1, -0.05) is 55.1 Å². The third-order valence-electron chi connectivity index (χ3n) is 5.42. The first kappa shape index (κ1) is 35.1. The Balaban J connectivity index is 1.40. The van der Waals surface area contributed by atoms with Gasteiger partial charge in [0.1, 0.15) is 19.8 Å².